The minimum atomic E-state index is 0.770. The van der Waals surface area contributed by atoms with Crippen molar-refractivity contribution in [3.63, 3.8) is 0 Å². The molecule has 0 aliphatic rings. The second-order valence-electron chi connectivity index (χ2n) is 5.25. The molecule has 1 aromatic heterocycles. The third-order valence-electron chi connectivity index (χ3n) is 3.51. The molecule has 2 rings (SSSR count). The van der Waals surface area contributed by atoms with Crippen LogP contribution in [0.1, 0.15) is 18.9 Å². The molecule has 2 aromatic rings. The van der Waals surface area contributed by atoms with E-state index in [0.29, 0.717) is 0 Å². The molecule has 112 valence electrons. The van der Waals surface area contributed by atoms with E-state index in [9.17, 15) is 0 Å². The highest BCUT2D eigenvalue weighted by Crippen LogP contribution is 2.19. The summed E-state index contributed by atoms with van der Waals surface area (Å²) in [6.07, 6.45) is 6.26. The van der Waals surface area contributed by atoms with Crippen LogP contribution < -0.4 is 5.32 Å². The van der Waals surface area contributed by atoms with Crippen molar-refractivity contribution in [2.75, 3.05) is 26.8 Å². The number of nitrogens with one attached hydrogen (secondary N) is 1. The van der Waals surface area contributed by atoms with Crippen molar-refractivity contribution in [1.29, 1.82) is 0 Å². The van der Waals surface area contributed by atoms with Crippen LogP contribution in [0.15, 0.2) is 48.2 Å². The Morgan fingerprint density at radius 3 is 2.95 bits per heavy atom. The third kappa shape index (κ3) is 4.96. The van der Waals surface area contributed by atoms with Crippen LogP contribution in [0.5, 0.6) is 0 Å². The lowest BCUT2D eigenvalue weighted by atomic mass is 10.0. The summed E-state index contributed by atoms with van der Waals surface area (Å²) in [5, 5.41) is 4.61. The molecule has 0 aliphatic carbocycles. The summed E-state index contributed by atoms with van der Waals surface area (Å²) in [7, 11) is 1.73. The molecule has 0 fully saturated rings. The van der Waals surface area contributed by atoms with Gasteiger partial charge in [0.05, 0.1) is 12.1 Å². The van der Waals surface area contributed by atoms with Gasteiger partial charge in [-0.1, -0.05) is 29.8 Å². The van der Waals surface area contributed by atoms with Crippen LogP contribution in [0.3, 0.4) is 0 Å². The van der Waals surface area contributed by atoms with Gasteiger partial charge in [0.1, 0.15) is 0 Å². The first-order valence-electron chi connectivity index (χ1n) is 7.49. The maximum Gasteiger partial charge on any atom is 0.0704 e. The highest BCUT2D eigenvalue weighted by molar-refractivity contribution is 5.82. The van der Waals surface area contributed by atoms with Crippen molar-refractivity contribution in [3.8, 4) is 0 Å². The largest absolute Gasteiger partial charge is 0.383 e. The van der Waals surface area contributed by atoms with Gasteiger partial charge in [0, 0.05) is 25.2 Å². The van der Waals surface area contributed by atoms with E-state index in [1.807, 2.05) is 12.3 Å². The van der Waals surface area contributed by atoms with Crippen LogP contribution >= 0.6 is 0 Å². The van der Waals surface area contributed by atoms with E-state index in [1.54, 1.807) is 7.11 Å². The lowest BCUT2D eigenvalue weighted by Crippen LogP contribution is -2.19. The first-order chi connectivity index (χ1) is 10.3. The number of hydrogen-bond donors (Lipinski definition) is 1. The number of benzene rings is 1. The molecule has 0 unspecified atom stereocenters. The molecule has 3 heteroatoms. The molecule has 0 radical (unpaired) electrons. The smallest absolute Gasteiger partial charge is 0.0704 e. The SMILES string of the molecule is COCCNCCC=C(C)Cc1ccnc2ccccc12. The molecule has 21 heavy (non-hydrogen) atoms. The molecule has 1 heterocycles. The van der Waals surface area contributed by atoms with E-state index in [1.165, 1.54) is 16.5 Å². The summed E-state index contributed by atoms with van der Waals surface area (Å²) in [5.41, 5.74) is 3.82. The van der Waals surface area contributed by atoms with E-state index < -0.39 is 0 Å². The molecule has 0 amide bonds. The third-order valence-corrected chi connectivity index (χ3v) is 3.51. The molecular formula is C18H24N2O. The van der Waals surface area contributed by atoms with Gasteiger partial charge in [0.2, 0.25) is 0 Å². The first-order valence-corrected chi connectivity index (χ1v) is 7.49. The van der Waals surface area contributed by atoms with Gasteiger partial charge in [-0.2, -0.15) is 0 Å². The van der Waals surface area contributed by atoms with Crippen molar-refractivity contribution in [3.05, 3.63) is 53.7 Å². The number of nitrogens with zero attached hydrogens (tertiary/aromatic N) is 1. The molecular weight excluding hydrogens is 260 g/mol. The molecule has 0 saturated carbocycles. The maximum atomic E-state index is 5.01. The molecule has 0 bridgehead atoms. The summed E-state index contributed by atoms with van der Waals surface area (Å²) in [6.45, 7) is 4.88. The Hall–Kier alpha value is -1.71. The highest BCUT2D eigenvalue weighted by atomic mass is 16.5. The van der Waals surface area contributed by atoms with Crippen LogP contribution in [0.4, 0.5) is 0 Å². The topological polar surface area (TPSA) is 34.1 Å². The van der Waals surface area contributed by atoms with Crippen LogP contribution in [-0.4, -0.2) is 31.8 Å². The minimum absolute atomic E-state index is 0.770. The summed E-state index contributed by atoms with van der Waals surface area (Å²) >= 11 is 0. The van der Waals surface area contributed by atoms with Crippen LogP contribution in [0.2, 0.25) is 0 Å². The molecule has 0 atom stereocenters. The minimum Gasteiger partial charge on any atom is -0.383 e. The van der Waals surface area contributed by atoms with Crippen molar-refractivity contribution < 1.29 is 4.74 Å². The highest BCUT2D eigenvalue weighted by Gasteiger charge is 2.01. The Labute approximate surface area is 127 Å². The summed E-state index contributed by atoms with van der Waals surface area (Å²) < 4.78 is 5.01. The zero-order valence-electron chi connectivity index (χ0n) is 12.9. The number of hydrogen-bond acceptors (Lipinski definition) is 3. The summed E-state index contributed by atoms with van der Waals surface area (Å²) in [4.78, 5) is 4.41. The Kier molecular flexibility index (Phi) is 6.38. The Balaban J connectivity index is 1.90. The fourth-order valence-electron chi connectivity index (χ4n) is 2.40. The average Bonchev–Trinajstić information content (AvgIpc) is 2.51. The molecule has 0 aliphatic heterocycles. The van der Waals surface area contributed by atoms with E-state index >= 15 is 0 Å². The van der Waals surface area contributed by atoms with Crippen LogP contribution in [0.25, 0.3) is 10.9 Å². The second-order valence-corrected chi connectivity index (χ2v) is 5.25. The van der Waals surface area contributed by atoms with Gasteiger partial charge in [-0.05, 0) is 44.0 Å². The van der Waals surface area contributed by atoms with Gasteiger partial charge in [-0.3, -0.25) is 4.98 Å². The van der Waals surface area contributed by atoms with Crippen LogP contribution in [-0.2, 0) is 11.2 Å². The molecule has 0 saturated heterocycles. The Bertz CT molecular complexity index is 587. The van der Waals surface area contributed by atoms with Gasteiger partial charge in [-0.15, -0.1) is 0 Å². The average molecular weight is 284 g/mol. The maximum absolute atomic E-state index is 5.01. The second kappa shape index (κ2) is 8.55. The molecule has 1 aromatic carbocycles. The Morgan fingerprint density at radius 1 is 1.24 bits per heavy atom. The summed E-state index contributed by atoms with van der Waals surface area (Å²) in [5.74, 6) is 0. The predicted molar refractivity (Wildman–Crippen MR) is 88.6 cm³/mol. The first kappa shape index (κ1) is 15.7. The standard InChI is InChI=1S/C18H24N2O/c1-15(6-5-10-19-12-13-21-2)14-16-9-11-20-18-8-4-3-7-17(16)18/h3-4,6-9,11,19H,5,10,12-14H2,1-2H3. The van der Waals surface area contributed by atoms with Crippen molar-refractivity contribution >= 4 is 10.9 Å². The van der Waals surface area contributed by atoms with E-state index in [2.05, 4.69) is 47.6 Å². The van der Waals surface area contributed by atoms with E-state index in [4.69, 9.17) is 4.74 Å². The zero-order chi connectivity index (χ0) is 14.9. The van der Waals surface area contributed by atoms with Crippen molar-refractivity contribution in [2.45, 2.75) is 19.8 Å². The Morgan fingerprint density at radius 2 is 2.10 bits per heavy atom. The number of rotatable bonds is 8. The number of ether oxygens (including phenoxy) is 1. The number of pyridine rings is 1. The van der Waals surface area contributed by atoms with Crippen molar-refractivity contribution in [1.82, 2.24) is 10.3 Å². The number of methoxy groups -OCH3 is 1. The van der Waals surface area contributed by atoms with E-state index in [0.717, 1.165) is 38.1 Å². The lowest BCUT2D eigenvalue weighted by Gasteiger charge is -2.07. The van der Waals surface area contributed by atoms with Gasteiger partial charge >= 0.3 is 0 Å². The van der Waals surface area contributed by atoms with Gasteiger partial charge in [0.15, 0.2) is 0 Å². The molecule has 1 N–H and O–H groups in total. The number of fused-ring (bicyclic) bond motifs is 1. The predicted octanol–water partition coefficient (Wildman–Crippen LogP) is 3.35. The molecule has 0 spiro atoms. The zero-order valence-corrected chi connectivity index (χ0v) is 12.9. The van der Waals surface area contributed by atoms with Crippen molar-refractivity contribution in [2.24, 2.45) is 0 Å². The quantitative estimate of drug-likeness (QED) is 0.596. The lowest BCUT2D eigenvalue weighted by molar-refractivity contribution is 0.199. The van der Waals surface area contributed by atoms with E-state index in [-0.39, 0.29) is 0 Å². The van der Waals surface area contributed by atoms with Gasteiger partial charge in [0.25, 0.3) is 0 Å². The normalized spacial score (nSPS) is 12.0. The number of aromatic nitrogens is 1. The summed E-state index contributed by atoms with van der Waals surface area (Å²) in [6, 6.07) is 10.4. The van der Waals surface area contributed by atoms with Gasteiger partial charge in [-0.25, -0.2) is 0 Å². The fraction of sp³-hybridized carbons (Fsp3) is 0.389. The monoisotopic (exact) mass is 284 g/mol. The van der Waals surface area contributed by atoms with Crippen LogP contribution in [0, 0.1) is 0 Å². The fourth-order valence-corrected chi connectivity index (χ4v) is 2.40. The molecule has 3 nitrogen and oxygen atoms in total. The number of allylic oxidation sites excluding steroid dienone is 1. The van der Waals surface area contributed by atoms with Gasteiger partial charge < -0.3 is 10.1 Å². The number of para-hydroxylation sites is 1.